The molecule has 0 aromatic heterocycles. The molecule has 0 aliphatic rings. The molecule has 0 bridgehead atoms. The van der Waals surface area contributed by atoms with E-state index in [0.717, 1.165) is 25.7 Å². The topological polar surface area (TPSA) is 46.5 Å². The summed E-state index contributed by atoms with van der Waals surface area (Å²) in [5.41, 5.74) is 0.560. The van der Waals surface area contributed by atoms with Gasteiger partial charge in [0.15, 0.2) is 0 Å². The molecule has 1 aromatic carbocycles. The molecule has 0 radical (unpaired) electrons. The van der Waals surface area contributed by atoms with E-state index in [4.69, 9.17) is 4.74 Å². The van der Waals surface area contributed by atoms with Gasteiger partial charge in [-0.3, -0.25) is 0 Å². The Kier molecular flexibility index (Phi) is 8.06. The lowest BCUT2D eigenvalue weighted by Gasteiger charge is -2.21. The van der Waals surface area contributed by atoms with Crippen molar-refractivity contribution in [3.05, 3.63) is 35.9 Å². The first-order valence-electron chi connectivity index (χ1n) is 8.00. The van der Waals surface area contributed by atoms with Crippen LogP contribution in [0.15, 0.2) is 30.3 Å². The van der Waals surface area contributed by atoms with Crippen molar-refractivity contribution in [2.24, 2.45) is 5.92 Å². The number of aliphatic hydroxyl groups is 1. The summed E-state index contributed by atoms with van der Waals surface area (Å²) in [5, 5.41) is 10.1. The van der Waals surface area contributed by atoms with E-state index in [9.17, 15) is 9.90 Å². The largest absolute Gasteiger partial charge is 0.459 e. The highest BCUT2D eigenvalue weighted by molar-refractivity contribution is 5.89. The number of hydrogen-bond donors (Lipinski definition) is 1. The normalized spacial score (nSPS) is 15.2. The highest BCUT2D eigenvalue weighted by Gasteiger charge is 2.19. The predicted octanol–water partition coefficient (Wildman–Crippen LogP) is 4.20. The standard InChI is InChI=1S/C18H28O3/c1-4-9-14(3)12-16(19)13-17(5-2)21-18(20)15-10-7-6-8-11-15/h6-8,10-11,14,16-17,19H,4-5,9,12-13H2,1-3H3. The molecule has 0 spiro atoms. The average Bonchev–Trinajstić information content (AvgIpc) is 2.47. The smallest absolute Gasteiger partial charge is 0.338 e. The number of esters is 1. The van der Waals surface area contributed by atoms with Gasteiger partial charge in [-0.25, -0.2) is 4.79 Å². The van der Waals surface area contributed by atoms with Crippen molar-refractivity contribution < 1.29 is 14.6 Å². The molecule has 1 N–H and O–H groups in total. The van der Waals surface area contributed by atoms with E-state index >= 15 is 0 Å². The maximum absolute atomic E-state index is 12.0. The summed E-state index contributed by atoms with van der Waals surface area (Å²) in [6.45, 7) is 6.29. The molecule has 3 unspecified atom stereocenters. The Hall–Kier alpha value is -1.35. The van der Waals surface area contributed by atoms with Crippen LogP contribution in [0.4, 0.5) is 0 Å². The lowest BCUT2D eigenvalue weighted by molar-refractivity contribution is 0.0105. The Balaban J connectivity index is 2.46. The maximum Gasteiger partial charge on any atom is 0.338 e. The summed E-state index contributed by atoms with van der Waals surface area (Å²) in [7, 11) is 0. The van der Waals surface area contributed by atoms with Crippen molar-refractivity contribution in [2.45, 2.75) is 65.1 Å². The Morgan fingerprint density at radius 2 is 1.86 bits per heavy atom. The van der Waals surface area contributed by atoms with Crippen LogP contribution < -0.4 is 0 Å². The highest BCUT2D eigenvalue weighted by atomic mass is 16.5. The van der Waals surface area contributed by atoms with Crippen molar-refractivity contribution in [1.82, 2.24) is 0 Å². The molecule has 3 atom stereocenters. The van der Waals surface area contributed by atoms with E-state index in [0.29, 0.717) is 17.9 Å². The number of aliphatic hydroxyl groups excluding tert-OH is 1. The molecule has 21 heavy (non-hydrogen) atoms. The van der Waals surface area contributed by atoms with Crippen molar-refractivity contribution in [3.63, 3.8) is 0 Å². The number of hydrogen-bond acceptors (Lipinski definition) is 3. The second-order valence-corrected chi connectivity index (χ2v) is 5.82. The summed E-state index contributed by atoms with van der Waals surface area (Å²) in [4.78, 5) is 12.0. The van der Waals surface area contributed by atoms with Gasteiger partial charge in [-0.05, 0) is 30.9 Å². The molecule has 1 rings (SSSR count). The first kappa shape index (κ1) is 17.7. The molecule has 0 heterocycles. The number of carbonyl (C=O) groups excluding carboxylic acids is 1. The third-order valence-electron chi connectivity index (χ3n) is 3.73. The third-order valence-corrected chi connectivity index (χ3v) is 3.73. The van der Waals surface area contributed by atoms with Crippen LogP contribution in [0.2, 0.25) is 0 Å². The van der Waals surface area contributed by atoms with Gasteiger partial charge in [0.25, 0.3) is 0 Å². The van der Waals surface area contributed by atoms with Crippen LogP contribution in [0.1, 0.15) is 63.2 Å². The van der Waals surface area contributed by atoms with E-state index < -0.39 is 6.10 Å². The van der Waals surface area contributed by atoms with Crippen LogP contribution in [0.25, 0.3) is 0 Å². The number of benzene rings is 1. The summed E-state index contributed by atoms with van der Waals surface area (Å²) in [5.74, 6) is 0.198. The van der Waals surface area contributed by atoms with E-state index in [2.05, 4.69) is 13.8 Å². The average molecular weight is 292 g/mol. The van der Waals surface area contributed by atoms with E-state index in [1.54, 1.807) is 12.1 Å². The van der Waals surface area contributed by atoms with E-state index in [-0.39, 0.29) is 12.1 Å². The van der Waals surface area contributed by atoms with Crippen LogP contribution in [-0.2, 0) is 4.74 Å². The van der Waals surface area contributed by atoms with Gasteiger partial charge in [0, 0.05) is 6.42 Å². The first-order valence-corrected chi connectivity index (χ1v) is 8.00. The molecule has 0 amide bonds. The molecule has 3 heteroatoms. The van der Waals surface area contributed by atoms with Gasteiger partial charge in [0.05, 0.1) is 11.7 Å². The minimum atomic E-state index is -0.403. The summed E-state index contributed by atoms with van der Waals surface area (Å²) in [6.07, 6.45) is 3.64. The van der Waals surface area contributed by atoms with Crippen molar-refractivity contribution in [1.29, 1.82) is 0 Å². The maximum atomic E-state index is 12.0. The van der Waals surface area contributed by atoms with Crippen LogP contribution in [0.3, 0.4) is 0 Å². The Morgan fingerprint density at radius 1 is 1.19 bits per heavy atom. The van der Waals surface area contributed by atoms with Crippen molar-refractivity contribution >= 4 is 5.97 Å². The van der Waals surface area contributed by atoms with Crippen molar-refractivity contribution in [3.8, 4) is 0 Å². The van der Waals surface area contributed by atoms with E-state index in [1.165, 1.54) is 0 Å². The van der Waals surface area contributed by atoms with Gasteiger partial charge >= 0.3 is 5.97 Å². The Labute approximate surface area is 128 Å². The van der Waals surface area contributed by atoms with Gasteiger partial charge in [-0.1, -0.05) is 51.8 Å². The second kappa shape index (κ2) is 9.56. The molecule has 0 saturated heterocycles. The SMILES string of the molecule is CCCC(C)CC(O)CC(CC)OC(=O)c1ccccc1. The minimum Gasteiger partial charge on any atom is -0.459 e. The third kappa shape index (κ3) is 6.76. The second-order valence-electron chi connectivity index (χ2n) is 5.82. The van der Waals surface area contributed by atoms with Gasteiger partial charge in [0.1, 0.15) is 6.10 Å². The number of ether oxygens (including phenoxy) is 1. The van der Waals surface area contributed by atoms with Crippen LogP contribution in [-0.4, -0.2) is 23.3 Å². The Morgan fingerprint density at radius 3 is 2.43 bits per heavy atom. The van der Waals surface area contributed by atoms with Gasteiger partial charge in [-0.15, -0.1) is 0 Å². The fourth-order valence-corrected chi connectivity index (χ4v) is 2.57. The monoisotopic (exact) mass is 292 g/mol. The van der Waals surface area contributed by atoms with Gasteiger partial charge in [-0.2, -0.15) is 0 Å². The molecule has 1 aromatic rings. The lowest BCUT2D eigenvalue weighted by atomic mass is 9.95. The molecule has 0 fully saturated rings. The molecular formula is C18H28O3. The van der Waals surface area contributed by atoms with E-state index in [1.807, 2.05) is 25.1 Å². The van der Waals surface area contributed by atoms with Crippen LogP contribution in [0.5, 0.6) is 0 Å². The Bertz CT molecular complexity index is 402. The van der Waals surface area contributed by atoms with Gasteiger partial charge in [0.2, 0.25) is 0 Å². The van der Waals surface area contributed by atoms with Crippen LogP contribution >= 0.6 is 0 Å². The van der Waals surface area contributed by atoms with Crippen LogP contribution in [0, 0.1) is 5.92 Å². The minimum absolute atomic E-state index is 0.221. The fraction of sp³-hybridized carbons (Fsp3) is 0.611. The highest BCUT2D eigenvalue weighted by Crippen LogP contribution is 2.18. The van der Waals surface area contributed by atoms with Gasteiger partial charge < -0.3 is 9.84 Å². The zero-order chi connectivity index (χ0) is 15.7. The molecular weight excluding hydrogens is 264 g/mol. The predicted molar refractivity (Wildman–Crippen MR) is 85.2 cm³/mol. The lowest BCUT2D eigenvalue weighted by Crippen LogP contribution is -2.24. The zero-order valence-corrected chi connectivity index (χ0v) is 13.4. The molecule has 118 valence electrons. The fourth-order valence-electron chi connectivity index (χ4n) is 2.57. The number of carbonyl (C=O) groups is 1. The molecule has 0 aliphatic heterocycles. The summed E-state index contributed by atoms with van der Waals surface area (Å²) < 4.78 is 5.50. The zero-order valence-electron chi connectivity index (χ0n) is 13.4. The number of rotatable bonds is 9. The summed E-state index contributed by atoms with van der Waals surface area (Å²) in [6, 6.07) is 8.99. The van der Waals surface area contributed by atoms with Crippen molar-refractivity contribution in [2.75, 3.05) is 0 Å². The molecule has 0 saturated carbocycles. The molecule has 0 aliphatic carbocycles. The first-order chi connectivity index (χ1) is 10.1. The quantitative estimate of drug-likeness (QED) is 0.694. The summed E-state index contributed by atoms with van der Waals surface area (Å²) >= 11 is 0. The molecule has 3 nitrogen and oxygen atoms in total.